The van der Waals surface area contributed by atoms with Crippen molar-refractivity contribution in [3.8, 4) is 0 Å². The van der Waals surface area contributed by atoms with Gasteiger partial charge in [0.25, 0.3) is 0 Å². The van der Waals surface area contributed by atoms with E-state index in [2.05, 4.69) is 5.32 Å². The van der Waals surface area contributed by atoms with Crippen LogP contribution in [0.1, 0.15) is 23.2 Å². The van der Waals surface area contributed by atoms with E-state index in [4.69, 9.17) is 10.2 Å². The number of aliphatic hydroxyl groups is 1. The molecule has 2 amide bonds. The monoisotopic (exact) mass is 282 g/mol. The molecule has 0 aromatic heterocycles. The fraction of sp³-hybridized carbons (Fsp3) is 0.385. The fourth-order valence-corrected chi connectivity index (χ4v) is 1.88. The summed E-state index contributed by atoms with van der Waals surface area (Å²) < 4.78 is 13.7. The van der Waals surface area contributed by atoms with E-state index in [1.54, 1.807) is 0 Å². The number of rotatable bonds is 5. The first-order valence-electron chi connectivity index (χ1n) is 6.24. The van der Waals surface area contributed by atoms with Gasteiger partial charge in [0.2, 0.25) is 0 Å². The molecule has 1 aliphatic carbocycles. The van der Waals surface area contributed by atoms with Gasteiger partial charge >= 0.3 is 12.0 Å². The number of carbonyl (C=O) groups is 2. The van der Waals surface area contributed by atoms with Crippen molar-refractivity contribution >= 4 is 17.7 Å². The largest absolute Gasteiger partial charge is 0.478 e. The molecule has 0 heterocycles. The van der Waals surface area contributed by atoms with Crippen molar-refractivity contribution in [2.75, 3.05) is 18.5 Å². The standard InChI is InChI=1S/C13H15FN2O4/c14-10-7-8(12(18)19)1-4-11(10)15-13(20)16(5-6-17)9-2-3-9/h1,4,7,9,17H,2-3,5-6H2,(H,15,20)(H,18,19). The summed E-state index contributed by atoms with van der Waals surface area (Å²) in [7, 11) is 0. The average molecular weight is 282 g/mol. The molecule has 0 unspecified atom stereocenters. The van der Waals surface area contributed by atoms with Crippen molar-refractivity contribution in [1.82, 2.24) is 4.90 Å². The Labute approximate surface area is 114 Å². The van der Waals surface area contributed by atoms with Crippen LogP contribution in [0.5, 0.6) is 0 Å². The summed E-state index contributed by atoms with van der Waals surface area (Å²) in [4.78, 5) is 24.1. The predicted octanol–water partition coefficient (Wildman–Crippen LogP) is 1.51. The van der Waals surface area contributed by atoms with Crippen LogP contribution in [0.2, 0.25) is 0 Å². The van der Waals surface area contributed by atoms with Crippen LogP contribution in [-0.2, 0) is 0 Å². The van der Waals surface area contributed by atoms with E-state index in [1.165, 1.54) is 17.0 Å². The lowest BCUT2D eigenvalue weighted by atomic mass is 10.2. The Morgan fingerprint density at radius 2 is 2.10 bits per heavy atom. The molecule has 0 radical (unpaired) electrons. The predicted molar refractivity (Wildman–Crippen MR) is 69.2 cm³/mol. The SMILES string of the molecule is O=C(O)c1ccc(NC(=O)N(CCO)C2CC2)c(F)c1. The Hall–Kier alpha value is -2.15. The Morgan fingerprint density at radius 3 is 2.60 bits per heavy atom. The number of hydrogen-bond donors (Lipinski definition) is 3. The van der Waals surface area contributed by atoms with Gasteiger partial charge in [-0.2, -0.15) is 0 Å². The number of carbonyl (C=O) groups excluding carboxylic acids is 1. The van der Waals surface area contributed by atoms with Crippen molar-refractivity contribution < 1.29 is 24.2 Å². The highest BCUT2D eigenvalue weighted by Crippen LogP contribution is 2.27. The molecule has 1 saturated carbocycles. The molecule has 7 heteroatoms. The lowest BCUT2D eigenvalue weighted by molar-refractivity contribution is 0.0696. The summed E-state index contributed by atoms with van der Waals surface area (Å²) >= 11 is 0. The van der Waals surface area contributed by atoms with Gasteiger partial charge in [-0.3, -0.25) is 0 Å². The highest BCUT2D eigenvalue weighted by atomic mass is 19.1. The molecule has 1 aromatic carbocycles. The number of amides is 2. The Balaban J connectivity index is 2.08. The van der Waals surface area contributed by atoms with Crippen LogP contribution < -0.4 is 5.32 Å². The number of anilines is 1. The lowest BCUT2D eigenvalue weighted by Crippen LogP contribution is -2.38. The molecule has 0 bridgehead atoms. The zero-order valence-electron chi connectivity index (χ0n) is 10.7. The van der Waals surface area contributed by atoms with Crippen molar-refractivity contribution in [1.29, 1.82) is 0 Å². The summed E-state index contributed by atoms with van der Waals surface area (Å²) in [5, 5.41) is 20.0. The maximum atomic E-state index is 13.7. The second-order valence-electron chi connectivity index (χ2n) is 4.58. The van der Waals surface area contributed by atoms with Gasteiger partial charge in [-0.15, -0.1) is 0 Å². The van der Waals surface area contributed by atoms with E-state index in [1.807, 2.05) is 0 Å². The number of carboxylic acid groups (broad SMARTS) is 1. The van der Waals surface area contributed by atoms with Crippen LogP contribution >= 0.6 is 0 Å². The number of halogens is 1. The van der Waals surface area contributed by atoms with Crippen LogP contribution in [-0.4, -0.2) is 46.3 Å². The summed E-state index contributed by atoms with van der Waals surface area (Å²) in [5.74, 6) is -2.04. The molecule has 1 fully saturated rings. The third-order valence-corrected chi connectivity index (χ3v) is 3.05. The smallest absolute Gasteiger partial charge is 0.335 e. The van der Waals surface area contributed by atoms with Gasteiger partial charge in [-0.05, 0) is 31.0 Å². The molecule has 0 spiro atoms. The molecule has 0 aliphatic heterocycles. The summed E-state index contributed by atoms with van der Waals surface area (Å²) in [5.41, 5.74) is -0.265. The molecule has 6 nitrogen and oxygen atoms in total. The van der Waals surface area contributed by atoms with Crippen LogP contribution in [0.3, 0.4) is 0 Å². The van der Waals surface area contributed by atoms with Gasteiger partial charge in [-0.25, -0.2) is 14.0 Å². The third kappa shape index (κ3) is 3.24. The molecule has 0 atom stereocenters. The number of hydrogen-bond acceptors (Lipinski definition) is 3. The van der Waals surface area contributed by atoms with E-state index in [0.29, 0.717) is 0 Å². The van der Waals surface area contributed by atoms with Crippen LogP contribution in [0, 0.1) is 5.82 Å². The number of urea groups is 1. The summed E-state index contributed by atoms with van der Waals surface area (Å²) in [6, 6.07) is 2.87. The first-order chi connectivity index (χ1) is 9.52. The van der Waals surface area contributed by atoms with E-state index in [0.717, 1.165) is 18.9 Å². The quantitative estimate of drug-likeness (QED) is 0.763. The number of aliphatic hydroxyl groups excluding tert-OH is 1. The third-order valence-electron chi connectivity index (χ3n) is 3.05. The molecule has 3 N–H and O–H groups in total. The fourth-order valence-electron chi connectivity index (χ4n) is 1.88. The molecule has 108 valence electrons. The minimum Gasteiger partial charge on any atom is -0.478 e. The topological polar surface area (TPSA) is 89.9 Å². The highest BCUT2D eigenvalue weighted by molar-refractivity contribution is 5.92. The van der Waals surface area contributed by atoms with Gasteiger partial charge < -0.3 is 20.4 Å². The second kappa shape index (κ2) is 5.87. The second-order valence-corrected chi connectivity index (χ2v) is 4.58. The van der Waals surface area contributed by atoms with Crippen molar-refractivity contribution in [2.24, 2.45) is 0 Å². The van der Waals surface area contributed by atoms with Crippen LogP contribution in [0.15, 0.2) is 18.2 Å². The molecule has 0 saturated heterocycles. The minimum absolute atomic E-state index is 0.0800. The molecular formula is C13H15FN2O4. The Bertz CT molecular complexity index is 531. The van der Waals surface area contributed by atoms with Gasteiger partial charge in [0.1, 0.15) is 5.82 Å². The summed E-state index contributed by atoms with van der Waals surface area (Å²) in [6.07, 6.45) is 1.74. The van der Waals surface area contributed by atoms with Crippen LogP contribution in [0.4, 0.5) is 14.9 Å². The molecular weight excluding hydrogens is 267 g/mol. The number of aromatic carboxylic acids is 1. The van der Waals surface area contributed by atoms with Gasteiger partial charge in [0.15, 0.2) is 0 Å². The number of carboxylic acids is 1. The minimum atomic E-state index is -1.23. The first-order valence-corrected chi connectivity index (χ1v) is 6.24. The van der Waals surface area contributed by atoms with E-state index >= 15 is 0 Å². The molecule has 1 aromatic rings. The van der Waals surface area contributed by atoms with Crippen molar-refractivity contribution in [3.05, 3.63) is 29.6 Å². The molecule has 2 rings (SSSR count). The molecule has 1 aliphatic rings. The summed E-state index contributed by atoms with van der Waals surface area (Å²) in [6.45, 7) is 0.0235. The number of benzene rings is 1. The lowest BCUT2D eigenvalue weighted by Gasteiger charge is -2.21. The van der Waals surface area contributed by atoms with Crippen molar-refractivity contribution in [2.45, 2.75) is 18.9 Å². The van der Waals surface area contributed by atoms with E-state index in [9.17, 15) is 14.0 Å². The van der Waals surface area contributed by atoms with Crippen LogP contribution in [0.25, 0.3) is 0 Å². The zero-order valence-corrected chi connectivity index (χ0v) is 10.7. The zero-order chi connectivity index (χ0) is 14.7. The van der Waals surface area contributed by atoms with Crippen molar-refractivity contribution in [3.63, 3.8) is 0 Å². The highest BCUT2D eigenvalue weighted by Gasteiger charge is 2.32. The number of nitrogens with zero attached hydrogens (tertiary/aromatic N) is 1. The number of nitrogens with one attached hydrogen (secondary N) is 1. The average Bonchev–Trinajstić information content (AvgIpc) is 3.22. The van der Waals surface area contributed by atoms with E-state index < -0.39 is 17.8 Å². The Kier molecular flexibility index (Phi) is 4.19. The maximum Gasteiger partial charge on any atom is 0.335 e. The van der Waals surface area contributed by atoms with E-state index in [-0.39, 0.29) is 30.4 Å². The van der Waals surface area contributed by atoms with Gasteiger partial charge in [0.05, 0.1) is 17.9 Å². The Morgan fingerprint density at radius 1 is 1.40 bits per heavy atom. The van der Waals surface area contributed by atoms with Gasteiger partial charge in [-0.1, -0.05) is 0 Å². The van der Waals surface area contributed by atoms with Gasteiger partial charge in [0, 0.05) is 12.6 Å². The normalized spacial score (nSPS) is 13.9. The maximum absolute atomic E-state index is 13.7. The first kappa shape index (κ1) is 14.3. The molecule has 20 heavy (non-hydrogen) atoms.